The molecule has 0 aromatic heterocycles. The molecule has 0 amide bonds. The summed E-state index contributed by atoms with van der Waals surface area (Å²) in [7, 11) is 0. The molecule has 1 nitrogen and oxygen atoms in total. The molecule has 0 bridgehead atoms. The van der Waals surface area contributed by atoms with Crippen molar-refractivity contribution >= 4 is 0 Å². The molecule has 0 heterocycles. The number of hydrogen-bond donors (Lipinski definition) is 1. The van der Waals surface area contributed by atoms with Crippen LogP contribution >= 0.6 is 0 Å². The Hall–Kier alpha value is -0.560. The molecule has 1 aliphatic rings. The molecule has 2 unspecified atom stereocenters. The Bertz CT molecular complexity index is 341. The number of rotatable bonds is 5. The maximum atomic E-state index is 4.38. The molecular weight excluding hydrogens is 230 g/mol. The maximum Gasteiger partial charge on any atom is 0.0310 e. The van der Waals surface area contributed by atoms with E-state index in [1.54, 1.807) is 0 Å². The van der Waals surface area contributed by atoms with Crippen molar-refractivity contribution in [3.63, 3.8) is 0 Å². The van der Waals surface area contributed by atoms with Gasteiger partial charge < -0.3 is 5.32 Å². The Balaban J connectivity index is 2.84. The summed E-state index contributed by atoms with van der Waals surface area (Å²) in [6.45, 7) is 20.4. The van der Waals surface area contributed by atoms with E-state index in [-0.39, 0.29) is 11.0 Å². The van der Waals surface area contributed by atoms with Gasteiger partial charge in [0.15, 0.2) is 0 Å². The lowest BCUT2D eigenvalue weighted by Crippen LogP contribution is -2.53. The zero-order valence-corrected chi connectivity index (χ0v) is 14.0. The lowest BCUT2D eigenvalue weighted by molar-refractivity contribution is 0.233. The summed E-state index contributed by atoms with van der Waals surface area (Å²) in [5.74, 6) is 1.21. The molecule has 1 rings (SSSR count). The summed E-state index contributed by atoms with van der Waals surface area (Å²) >= 11 is 0. The van der Waals surface area contributed by atoms with Crippen LogP contribution in [0, 0.1) is 17.3 Å². The van der Waals surface area contributed by atoms with Gasteiger partial charge >= 0.3 is 0 Å². The Morgan fingerprint density at radius 1 is 1.21 bits per heavy atom. The predicted molar refractivity (Wildman–Crippen MR) is 86.3 cm³/mol. The first kappa shape index (κ1) is 16.5. The minimum Gasteiger partial charge on any atom is -0.304 e. The van der Waals surface area contributed by atoms with E-state index in [1.165, 1.54) is 18.4 Å². The van der Waals surface area contributed by atoms with Crippen molar-refractivity contribution in [1.29, 1.82) is 0 Å². The minimum atomic E-state index is 0.135. The Morgan fingerprint density at radius 2 is 1.79 bits per heavy atom. The second kappa shape index (κ2) is 5.83. The van der Waals surface area contributed by atoms with E-state index >= 15 is 0 Å². The van der Waals surface area contributed by atoms with Crippen LogP contribution < -0.4 is 5.32 Å². The van der Waals surface area contributed by atoms with Gasteiger partial charge in [0.1, 0.15) is 0 Å². The van der Waals surface area contributed by atoms with Gasteiger partial charge in [-0.15, -0.1) is 0 Å². The third kappa shape index (κ3) is 4.21. The third-order valence-electron chi connectivity index (χ3n) is 4.47. The average Bonchev–Trinajstić information content (AvgIpc) is 2.77. The second-order valence-electron chi connectivity index (χ2n) is 7.97. The van der Waals surface area contributed by atoms with Crippen LogP contribution in [0.3, 0.4) is 0 Å². The van der Waals surface area contributed by atoms with Crippen LogP contribution in [0.5, 0.6) is 0 Å². The molecule has 1 aliphatic carbocycles. The van der Waals surface area contributed by atoms with Gasteiger partial charge in [-0.3, -0.25) is 0 Å². The number of nitrogens with one attached hydrogen (secondary N) is 1. The van der Waals surface area contributed by atoms with Crippen molar-refractivity contribution in [3.05, 3.63) is 24.3 Å². The Kier molecular flexibility index (Phi) is 5.06. The van der Waals surface area contributed by atoms with Gasteiger partial charge in [-0.2, -0.15) is 0 Å². The molecule has 1 heteroatoms. The largest absolute Gasteiger partial charge is 0.304 e. The first-order valence-electron chi connectivity index (χ1n) is 7.69. The van der Waals surface area contributed by atoms with Crippen LogP contribution in [-0.2, 0) is 0 Å². The summed E-state index contributed by atoms with van der Waals surface area (Å²) in [4.78, 5) is 0. The zero-order valence-electron chi connectivity index (χ0n) is 14.0. The highest BCUT2D eigenvalue weighted by atomic mass is 15.0. The Morgan fingerprint density at radius 3 is 2.16 bits per heavy atom. The lowest BCUT2D eigenvalue weighted by Gasteiger charge is -2.41. The number of allylic oxidation sites excluding steroid dienone is 1. The van der Waals surface area contributed by atoms with Crippen molar-refractivity contribution in [3.8, 4) is 0 Å². The van der Waals surface area contributed by atoms with Gasteiger partial charge in [-0.1, -0.05) is 58.9 Å². The van der Waals surface area contributed by atoms with Crippen molar-refractivity contribution in [2.75, 3.05) is 0 Å². The van der Waals surface area contributed by atoms with E-state index in [0.29, 0.717) is 17.9 Å². The highest BCUT2D eigenvalue weighted by molar-refractivity contribution is 5.17. The molecule has 0 aromatic carbocycles. The normalized spacial score (nSPS) is 22.0. The van der Waals surface area contributed by atoms with Gasteiger partial charge in [0.25, 0.3) is 0 Å². The third-order valence-corrected chi connectivity index (χ3v) is 4.47. The van der Waals surface area contributed by atoms with Crippen LogP contribution in [0.4, 0.5) is 0 Å². The fourth-order valence-electron chi connectivity index (χ4n) is 2.86. The van der Waals surface area contributed by atoms with E-state index in [4.69, 9.17) is 0 Å². The number of hydrogen-bond acceptors (Lipinski definition) is 1. The molecule has 2 atom stereocenters. The molecule has 19 heavy (non-hydrogen) atoms. The van der Waals surface area contributed by atoms with Crippen LogP contribution in [0.15, 0.2) is 24.3 Å². The lowest BCUT2D eigenvalue weighted by atomic mass is 9.77. The van der Waals surface area contributed by atoms with Gasteiger partial charge in [0.05, 0.1) is 0 Å². The highest BCUT2D eigenvalue weighted by Crippen LogP contribution is 2.34. The van der Waals surface area contributed by atoms with Gasteiger partial charge in [0, 0.05) is 11.6 Å². The summed E-state index contributed by atoms with van der Waals surface area (Å²) in [6, 6.07) is 0.379. The van der Waals surface area contributed by atoms with E-state index in [0.717, 1.165) is 0 Å². The average molecular weight is 263 g/mol. The SMILES string of the molecule is C=C(C(NC(C)(C)C1C=CCC1)C(C)C)C(C)(C)C. The second-order valence-corrected chi connectivity index (χ2v) is 7.97. The molecule has 0 fully saturated rings. The minimum absolute atomic E-state index is 0.135. The smallest absolute Gasteiger partial charge is 0.0310 e. The summed E-state index contributed by atoms with van der Waals surface area (Å²) in [5, 5.41) is 3.89. The summed E-state index contributed by atoms with van der Waals surface area (Å²) in [6.07, 6.45) is 7.19. The predicted octanol–water partition coefficient (Wildman–Crippen LogP) is 4.95. The van der Waals surface area contributed by atoms with E-state index in [9.17, 15) is 0 Å². The summed E-state index contributed by atoms with van der Waals surface area (Å²) < 4.78 is 0. The van der Waals surface area contributed by atoms with Gasteiger partial charge in [-0.25, -0.2) is 0 Å². The fraction of sp³-hybridized carbons (Fsp3) is 0.778. The fourth-order valence-corrected chi connectivity index (χ4v) is 2.86. The molecular formula is C18H33N. The van der Waals surface area contributed by atoms with E-state index in [1.807, 2.05) is 0 Å². The topological polar surface area (TPSA) is 12.0 Å². The van der Waals surface area contributed by atoms with Gasteiger partial charge in [-0.05, 0) is 43.9 Å². The van der Waals surface area contributed by atoms with Crippen molar-refractivity contribution in [2.45, 2.75) is 72.9 Å². The van der Waals surface area contributed by atoms with Gasteiger partial charge in [0.2, 0.25) is 0 Å². The van der Waals surface area contributed by atoms with Crippen LogP contribution in [-0.4, -0.2) is 11.6 Å². The molecule has 1 N–H and O–H groups in total. The zero-order chi connectivity index (χ0) is 14.8. The molecule has 0 radical (unpaired) electrons. The monoisotopic (exact) mass is 263 g/mol. The van der Waals surface area contributed by atoms with E-state index in [2.05, 4.69) is 72.5 Å². The van der Waals surface area contributed by atoms with Crippen LogP contribution in [0.1, 0.15) is 61.3 Å². The van der Waals surface area contributed by atoms with Crippen LogP contribution in [0.2, 0.25) is 0 Å². The first-order valence-corrected chi connectivity index (χ1v) is 7.69. The molecule has 0 saturated heterocycles. The quantitative estimate of drug-likeness (QED) is 0.692. The van der Waals surface area contributed by atoms with Crippen molar-refractivity contribution in [1.82, 2.24) is 5.32 Å². The molecule has 0 aliphatic heterocycles. The highest BCUT2D eigenvalue weighted by Gasteiger charge is 2.34. The first-order chi connectivity index (χ1) is 8.55. The van der Waals surface area contributed by atoms with Crippen molar-refractivity contribution < 1.29 is 0 Å². The van der Waals surface area contributed by atoms with E-state index < -0.39 is 0 Å². The maximum absolute atomic E-state index is 4.38. The molecule has 0 saturated carbocycles. The molecule has 110 valence electrons. The van der Waals surface area contributed by atoms with Crippen LogP contribution in [0.25, 0.3) is 0 Å². The molecule has 0 spiro atoms. The standard InChI is InChI=1S/C18H33N/c1-13(2)16(14(3)17(4,5)6)19-18(7,8)15-11-9-10-12-15/h9,11,13,15-16,19H,3,10,12H2,1-2,4-8H3. The summed E-state index contributed by atoms with van der Waals surface area (Å²) in [5.41, 5.74) is 1.61. The molecule has 0 aromatic rings. The Labute approximate surface area is 120 Å². The van der Waals surface area contributed by atoms with Crippen molar-refractivity contribution in [2.24, 2.45) is 17.3 Å².